The van der Waals surface area contributed by atoms with E-state index in [1.165, 1.54) is 11.6 Å². The Balaban J connectivity index is 2.41. The van der Waals surface area contributed by atoms with Gasteiger partial charge in [-0.1, -0.05) is 41.5 Å². The lowest BCUT2D eigenvalue weighted by molar-refractivity contribution is -0.129. The van der Waals surface area contributed by atoms with E-state index >= 15 is 0 Å². The van der Waals surface area contributed by atoms with Crippen LogP contribution in [0, 0.1) is 0 Å². The molecule has 0 fully saturated rings. The average Bonchev–Trinajstić information content (AvgIpc) is 2.48. The van der Waals surface area contributed by atoms with Gasteiger partial charge in [0.15, 0.2) is 11.5 Å². The quantitative estimate of drug-likeness (QED) is 0.335. The maximum Gasteiger partial charge on any atom is 0.336 e. The van der Waals surface area contributed by atoms with Crippen LogP contribution in [-0.4, -0.2) is 12.6 Å². The number of hydrogen-bond acceptors (Lipinski definition) is 3. The molecule has 2 aromatic carbocycles. The first-order valence-electron chi connectivity index (χ1n) is 7.62. The lowest BCUT2D eigenvalue weighted by Gasteiger charge is -2.13. The largest absolute Gasteiger partial charge is 0.486 e. The lowest BCUT2D eigenvalue weighted by atomic mass is 10.1. The Kier molecular flexibility index (Phi) is 5.58. The van der Waals surface area contributed by atoms with Gasteiger partial charge in [-0.3, -0.25) is 0 Å². The van der Waals surface area contributed by atoms with Gasteiger partial charge in [0.05, 0.1) is 0 Å². The maximum atomic E-state index is 12.0. The smallest absolute Gasteiger partial charge is 0.336 e. The second kappa shape index (κ2) is 7.63. The zero-order valence-corrected chi connectivity index (χ0v) is 14.1. The van der Waals surface area contributed by atoms with Crippen LogP contribution in [0.3, 0.4) is 0 Å². The number of hydrogen-bond donors (Lipinski definition) is 0. The molecule has 0 unspecified atom stereocenters. The topological polar surface area (TPSA) is 35.5 Å². The fraction of sp³-hybridized carbons (Fsp3) is 0.250. The summed E-state index contributed by atoms with van der Waals surface area (Å²) in [5.41, 5.74) is 2.07. The highest BCUT2D eigenvalue weighted by molar-refractivity contribution is 5.94. The van der Waals surface area contributed by atoms with Crippen LogP contribution in [0.15, 0.2) is 59.7 Å². The highest BCUT2D eigenvalue weighted by atomic mass is 16.6. The number of esters is 1. The molecule has 0 radical (unpaired) electrons. The Hall–Kier alpha value is -2.55. The van der Waals surface area contributed by atoms with E-state index in [0.717, 1.165) is 16.3 Å². The molecule has 0 heterocycles. The molecule has 0 aliphatic heterocycles. The first-order valence-corrected chi connectivity index (χ1v) is 7.62. The van der Waals surface area contributed by atoms with Crippen LogP contribution in [0.25, 0.3) is 10.8 Å². The van der Waals surface area contributed by atoms with Gasteiger partial charge in [-0.05, 0) is 45.2 Å². The van der Waals surface area contributed by atoms with Gasteiger partial charge in [0.1, 0.15) is 6.61 Å². The summed E-state index contributed by atoms with van der Waals surface area (Å²) in [6, 6.07) is 11.6. The highest BCUT2D eigenvalue weighted by Gasteiger charge is 2.13. The summed E-state index contributed by atoms with van der Waals surface area (Å²) in [7, 11) is 0. The molecule has 0 saturated carbocycles. The minimum atomic E-state index is -0.395. The van der Waals surface area contributed by atoms with E-state index in [9.17, 15) is 4.79 Å². The van der Waals surface area contributed by atoms with Crippen molar-refractivity contribution in [3.05, 3.63) is 59.7 Å². The minimum absolute atomic E-state index is 0.395. The van der Waals surface area contributed by atoms with Gasteiger partial charge in [0, 0.05) is 11.5 Å². The van der Waals surface area contributed by atoms with Gasteiger partial charge in [0.2, 0.25) is 0 Å². The van der Waals surface area contributed by atoms with Crippen LogP contribution in [0.5, 0.6) is 11.5 Å². The molecule has 0 amide bonds. The summed E-state index contributed by atoms with van der Waals surface area (Å²) in [6.45, 7) is 8.18. The Morgan fingerprint density at radius 1 is 1.00 bits per heavy atom. The second-order valence-electron chi connectivity index (χ2n) is 5.85. The number of fused-ring (bicyclic) bond motifs is 1. The van der Waals surface area contributed by atoms with E-state index < -0.39 is 5.97 Å². The Morgan fingerprint density at radius 2 is 1.74 bits per heavy atom. The summed E-state index contributed by atoms with van der Waals surface area (Å²) in [6.07, 6.45) is 3.46. The van der Waals surface area contributed by atoms with E-state index in [0.29, 0.717) is 18.1 Å². The van der Waals surface area contributed by atoms with Gasteiger partial charge in [-0.15, -0.1) is 0 Å². The third kappa shape index (κ3) is 4.71. The molecule has 2 aromatic rings. The third-order valence-corrected chi connectivity index (χ3v) is 3.18. The van der Waals surface area contributed by atoms with Crippen LogP contribution in [0.1, 0.15) is 27.7 Å². The number of allylic oxidation sites excluding steroid dienone is 2. The maximum absolute atomic E-state index is 12.0. The van der Waals surface area contributed by atoms with Crippen LogP contribution in [0.2, 0.25) is 0 Å². The molecule has 3 nitrogen and oxygen atoms in total. The number of rotatable bonds is 5. The van der Waals surface area contributed by atoms with Gasteiger partial charge < -0.3 is 9.47 Å². The summed E-state index contributed by atoms with van der Waals surface area (Å²) in [4.78, 5) is 12.0. The van der Waals surface area contributed by atoms with Crippen molar-refractivity contribution in [2.75, 3.05) is 6.61 Å². The van der Waals surface area contributed by atoms with Crippen LogP contribution in [0.4, 0.5) is 0 Å². The third-order valence-electron chi connectivity index (χ3n) is 3.18. The van der Waals surface area contributed by atoms with Crippen molar-refractivity contribution in [2.45, 2.75) is 27.7 Å². The summed E-state index contributed by atoms with van der Waals surface area (Å²) in [5, 5.41) is 1.86. The van der Waals surface area contributed by atoms with Crippen molar-refractivity contribution >= 4 is 16.7 Å². The van der Waals surface area contributed by atoms with Crippen LogP contribution in [-0.2, 0) is 4.79 Å². The second-order valence-corrected chi connectivity index (χ2v) is 5.85. The number of benzene rings is 2. The molecule has 2 rings (SSSR count). The van der Waals surface area contributed by atoms with Gasteiger partial charge in [-0.25, -0.2) is 4.79 Å². The first kappa shape index (κ1) is 16.8. The SMILES string of the molecule is CC(C)=CCOc1ccc2ccccc2c1OC(=O)C=C(C)C. The zero-order valence-electron chi connectivity index (χ0n) is 14.1. The van der Waals surface area contributed by atoms with Gasteiger partial charge >= 0.3 is 5.97 Å². The van der Waals surface area contributed by atoms with E-state index in [4.69, 9.17) is 9.47 Å². The molecule has 23 heavy (non-hydrogen) atoms. The predicted molar refractivity (Wildman–Crippen MR) is 93.9 cm³/mol. The van der Waals surface area contributed by atoms with E-state index in [1.807, 2.05) is 70.2 Å². The molecule has 0 spiro atoms. The average molecular weight is 310 g/mol. The molecule has 3 heteroatoms. The molecule has 0 bridgehead atoms. The molecular formula is C20H22O3. The van der Waals surface area contributed by atoms with Crippen molar-refractivity contribution < 1.29 is 14.3 Å². The van der Waals surface area contributed by atoms with Crippen molar-refractivity contribution in [1.29, 1.82) is 0 Å². The molecule has 0 saturated heterocycles. The zero-order chi connectivity index (χ0) is 16.8. The van der Waals surface area contributed by atoms with E-state index in [-0.39, 0.29) is 0 Å². The van der Waals surface area contributed by atoms with Crippen molar-refractivity contribution in [3.63, 3.8) is 0 Å². The molecule has 0 N–H and O–H groups in total. The van der Waals surface area contributed by atoms with Gasteiger partial charge in [-0.2, -0.15) is 0 Å². The Labute approximate surface area is 137 Å². The van der Waals surface area contributed by atoms with Crippen molar-refractivity contribution in [2.24, 2.45) is 0 Å². The molecule has 120 valence electrons. The van der Waals surface area contributed by atoms with E-state index in [2.05, 4.69) is 0 Å². The Bertz CT molecular complexity index is 762. The van der Waals surface area contributed by atoms with Gasteiger partial charge in [0.25, 0.3) is 0 Å². The fourth-order valence-electron chi connectivity index (χ4n) is 2.11. The molecular weight excluding hydrogens is 288 g/mol. The fourth-order valence-corrected chi connectivity index (χ4v) is 2.11. The normalized spacial score (nSPS) is 10.1. The number of carbonyl (C=O) groups is 1. The van der Waals surface area contributed by atoms with Crippen molar-refractivity contribution in [1.82, 2.24) is 0 Å². The molecule has 0 aliphatic carbocycles. The number of carbonyl (C=O) groups excluding carboxylic acids is 1. The summed E-state index contributed by atoms with van der Waals surface area (Å²) < 4.78 is 11.4. The highest BCUT2D eigenvalue weighted by Crippen LogP contribution is 2.36. The Morgan fingerprint density at radius 3 is 2.43 bits per heavy atom. The van der Waals surface area contributed by atoms with Crippen molar-refractivity contribution in [3.8, 4) is 11.5 Å². The summed E-state index contributed by atoms with van der Waals surface area (Å²) in [5.74, 6) is 0.637. The number of ether oxygens (including phenoxy) is 2. The molecule has 0 aliphatic rings. The van der Waals surface area contributed by atoms with Crippen LogP contribution < -0.4 is 9.47 Å². The van der Waals surface area contributed by atoms with Crippen LogP contribution >= 0.6 is 0 Å². The first-order chi connectivity index (χ1) is 11.0. The van der Waals surface area contributed by atoms with E-state index in [1.54, 1.807) is 0 Å². The lowest BCUT2D eigenvalue weighted by Crippen LogP contribution is -2.07. The monoisotopic (exact) mass is 310 g/mol. The standard InChI is InChI=1S/C20H22O3/c1-14(2)11-12-22-18-10-9-16-7-5-6-8-17(16)20(18)23-19(21)13-15(3)4/h5-11,13H,12H2,1-4H3. The predicted octanol–water partition coefficient (Wildman–Crippen LogP) is 5.06. The molecule has 0 atom stereocenters. The minimum Gasteiger partial charge on any atom is -0.486 e. The molecule has 0 aromatic heterocycles. The summed E-state index contributed by atoms with van der Waals surface area (Å²) >= 11 is 0.